The molecule has 2 fully saturated rings. The smallest absolute Gasteiger partial charge is 0.234 e. The second-order valence-corrected chi connectivity index (χ2v) is 8.45. The number of rotatable bonds is 7. The molecular weight excluding hydrogens is 380 g/mol. The summed E-state index contributed by atoms with van der Waals surface area (Å²) in [5.74, 6) is 1.65. The lowest BCUT2D eigenvalue weighted by Gasteiger charge is -2.52. The SMILES string of the molecule is CCOc1ccccc1[C@H]1[C@H]2CCCC[C@@]2(O)CCN1CC(=O)NCc1ccco1. The van der Waals surface area contributed by atoms with Gasteiger partial charge >= 0.3 is 0 Å². The molecule has 4 rings (SSSR count). The number of nitrogens with one attached hydrogen (secondary N) is 1. The number of carbonyl (C=O) groups is 1. The highest BCUT2D eigenvalue weighted by molar-refractivity contribution is 5.78. The Morgan fingerprint density at radius 1 is 1.27 bits per heavy atom. The molecule has 0 bridgehead atoms. The summed E-state index contributed by atoms with van der Waals surface area (Å²) in [7, 11) is 0. The fourth-order valence-corrected chi connectivity index (χ4v) is 5.18. The molecule has 2 N–H and O–H groups in total. The number of para-hydroxylation sites is 1. The van der Waals surface area contributed by atoms with Crippen molar-refractivity contribution in [1.82, 2.24) is 10.2 Å². The van der Waals surface area contributed by atoms with Crippen LogP contribution in [0.15, 0.2) is 47.1 Å². The number of ether oxygens (including phenoxy) is 1. The van der Waals surface area contributed by atoms with Gasteiger partial charge in [-0.3, -0.25) is 9.69 Å². The van der Waals surface area contributed by atoms with Gasteiger partial charge in [-0.15, -0.1) is 0 Å². The molecule has 6 nitrogen and oxygen atoms in total. The van der Waals surface area contributed by atoms with Gasteiger partial charge in [-0.25, -0.2) is 0 Å². The molecule has 1 aromatic heterocycles. The van der Waals surface area contributed by atoms with Crippen LogP contribution in [0.25, 0.3) is 0 Å². The van der Waals surface area contributed by atoms with E-state index in [1.54, 1.807) is 6.26 Å². The van der Waals surface area contributed by atoms with Crippen molar-refractivity contribution < 1.29 is 19.1 Å². The summed E-state index contributed by atoms with van der Waals surface area (Å²) in [5, 5.41) is 14.4. The van der Waals surface area contributed by atoms with E-state index in [9.17, 15) is 9.90 Å². The van der Waals surface area contributed by atoms with E-state index in [0.717, 1.165) is 42.8 Å². The zero-order chi connectivity index (χ0) is 21.0. The van der Waals surface area contributed by atoms with E-state index in [0.29, 0.717) is 32.7 Å². The lowest BCUT2D eigenvalue weighted by atomic mass is 9.66. The molecule has 3 atom stereocenters. The molecule has 1 saturated heterocycles. The minimum atomic E-state index is -0.663. The lowest BCUT2D eigenvalue weighted by Crippen LogP contribution is -2.56. The van der Waals surface area contributed by atoms with Crippen LogP contribution < -0.4 is 10.1 Å². The van der Waals surface area contributed by atoms with E-state index in [2.05, 4.69) is 16.3 Å². The van der Waals surface area contributed by atoms with Crippen molar-refractivity contribution in [3.05, 3.63) is 54.0 Å². The summed E-state index contributed by atoms with van der Waals surface area (Å²) in [6.07, 6.45) is 6.29. The first-order valence-electron chi connectivity index (χ1n) is 11.1. The third-order valence-corrected chi connectivity index (χ3v) is 6.60. The zero-order valence-electron chi connectivity index (χ0n) is 17.7. The number of carbonyl (C=O) groups excluding carboxylic acids is 1. The Labute approximate surface area is 178 Å². The van der Waals surface area contributed by atoms with Crippen LogP contribution in [0.2, 0.25) is 0 Å². The highest BCUT2D eigenvalue weighted by Gasteiger charge is 2.49. The summed E-state index contributed by atoms with van der Waals surface area (Å²) in [6.45, 7) is 3.93. The maximum atomic E-state index is 12.7. The summed E-state index contributed by atoms with van der Waals surface area (Å²) in [5.41, 5.74) is 0.409. The Balaban J connectivity index is 1.57. The van der Waals surface area contributed by atoms with Crippen molar-refractivity contribution in [1.29, 1.82) is 0 Å². The first-order chi connectivity index (χ1) is 14.6. The Hall–Kier alpha value is -2.31. The topological polar surface area (TPSA) is 74.9 Å². The number of likely N-dealkylation sites (tertiary alicyclic amines) is 1. The van der Waals surface area contributed by atoms with Gasteiger partial charge < -0.3 is 19.6 Å². The number of benzene rings is 1. The Morgan fingerprint density at radius 2 is 2.13 bits per heavy atom. The third kappa shape index (κ3) is 4.40. The van der Waals surface area contributed by atoms with Crippen molar-refractivity contribution >= 4 is 5.91 Å². The molecule has 1 aliphatic carbocycles. The first kappa shape index (κ1) is 20.9. The van der Waals surface area contributed by atoms with Crippen LogP contribution in [0.3, 0.4) is 0 Å². The van der Waals surface area contributed by atoms with E-state index < -0.39 is 5.60 Å². The molecule has 1 amide bonds. The van der Waals surface area contributed by atoms with Gasteiger partial charge in [0.05, 0.1) is 31.6 Å². The maximum Gasteiger partial charge on any atom is 0.234 e. The molecule has 0 spiro atoms. The molecule has 0 unspecified atom stereocenters. The number of aliphatic hydroxyl groups is 1. The molecule has 2 aromatic rings. The van der Waals surface area contributed by atoms with Gasteiger partial charge in [0.15, 0.2) is 0 Å². The number of piperidine rings is 1. The van der Waals surface area contributed by atoms with E-state index in [1.165, 1.54) is 0 Å². The second-order valence-electron chi connectivity index (χ2n) is 8.45. The number of amides is 1. The van der Waals surface area contributed by atoms with Crippen LogP contribution in [0.5, 0.6) is 5.75 Å². The summed E-state index contributed by atoms with van der Waals surface area (Å²) in [4.78, 5) is 15.0. The third-order valence-electron chi connectivity index (χ3n) is 6.60. The van der Waals surface area contributed by atoms with Gasteiger partial charge in [0.1, 0.15) is 11.5 Å². The zero-order valence-corrected chi connectivity index (χ0v) is 17.7. The van der Waals surface area contributed by atoms with Gasteiger partial charge in [0.2, 0.25) is 5.91 Å². The molecule has 162 valence electrons. The average Bonchev–Trinajstić information content (AvgIpc) is 3.27. The molecule has 2 heterocycles. The number of hydrogen-bond acceptors (Lipinski definition) is 5. The quantitative estimate of drug-likeness (QED) is 0.726. The molecule has 1 aliphatic heterocycles. The van der Waals surface area contributed by atoms with Gasteiger partial charge in [0, 0.05) is 24.1 Å². The first-order valence-corrected chi connectivity index (χ1v) is 11.1. The van der Waals surface area contributed by atoms with Crippen molar-refractivity contribution in [2.24, 2.45) is 5.92 Å². The number of fused-ring (bicyclic) bond motifs is 1. The summed E-state index contributed by atoms with van der Waals surface area (Å²) >= 11 is 0. The van der Waals surface area contributed by atoms with Crippen LogP contribution in [0.4, 0.5) is 0 Å². The van der Waals surface area contributed by atoms with Crippen LogP contribution in [0.1, 0.15) is 56.4 Å². The average molecular weight is 413 g/mol. The number of furan rings is 1. The van der Waals surface area contributed by atoms with E-state index in [1.807, 2.05) is 37.3 Å². The van der Waals surface area contributed by atoms with Gasteiger partial charge in [-0.2, -0.15) is 0 Å². The minimum Gasteiger partial charge on any atom is -0.494 e. The van der Waals surface area contributed by atoms with Crippen LogP contribution in [-0.2, 0) is 11.3 Å². The van der Waals surface area contributed by atoms with E-state index >= 15 is 0 Å². The Kier molecular flexibility index (Phi) is 6.44. The van der Waals surface area contributed by atoms with E-state index in [4.69, 9.17) is 9.15 Å². The van der Waals surface area contributed by atoms with Gasteiger partial charge in [0.25, 0.3) is 0 Å². The number of nitrogens with zero attached hydrogens (tertiary/aromatic N) is 1. The fourth-order valence-electron chi connectivity index (χ4n) is 5.18. The fraction of sp³-hybridized carbons (Fsp3) is 0.542. The van der Waals surface area contributed by atoms with Gasteiger partial charge in [-0.05, 0) is 44.4 Å². The van der Waals surface area contributed by atoms with Crippen molar-refractivity contribution in [3.63, 3.8) is 0 Å². The standard InChI is InChI=1S/C24H32N2O4/c1-2-29-21-11-4-3-9-19(21)23-20-10-5-6-12-24(20,28)13-14-26(23)17-22(27)25-16-18-8-7-15-30-18/h3-4,7-9,11,15,20,23,28H,2,5-6,10,12-14,16-17H2,1H3,(H,25,27)/t20-,23+,24-/m1/s1. The molecule has 6 heteroatoms. The monoisotopic (exact) mass is 412 g/mol. The minimum absolute atomic E-state index is 0.0356. The molecule has 1 aromatic carbocycles. The Bertz CT molecular complexity index is 837. The molecule has 0 radical (unpaired) electrons. The lowest BCUT2D eigenvalue weighted by molar-refractivity contribution is -0.138. The summed E-state index contributed by atoms with van der Waals surface area (Å²) in [6, 6.07) is 11.7. The normalized spacial score (nSPS) is 26.7. The molecular formula is C24H32N2O4. The van der Waals surface area contributed by atoms with E-state index in [-0.39, 0.29) is 17.9 Å². The van der Waals surface area contributed by atoms with Crippen molar-refractivity contribution in [2.45, 2.75) is 57.2 Å². The van der Waals surface area contributed by atoms with Crippen LogP contribution in [-0.4, -0.2) is 41.2 Å². The predicted octanol–water partition coefficient (Wildman–Crippen LogP) is 3.66. The second kappa shape index (κ2) is 9.23. The summed E-state index contributed by atoms with van der Waals surface area (Å²) < 4.78 is 11.2. The molecule has 1 saturated carbocycles. The Morgan fingerprint density at radius 3 is 2.93 bits per heavy atom. The maximum absolute atomic E-state index is 12.7. The van der Waals surface area contributed by atoms with Gasteiger partial charge in [-0.1, -0.05) is 31.0 Å². The molecule has 2 aliphatic rings. The van der Waals surface area contributed by atoms with Crippen molar-refractivity contribution in [3.8, 4) is 5.75 Å². The predicted molar refractivity (Wildman–Crippen MR) is 114 cm³/mol. The van der Waals surface area contributed by atoms with Crippen LogP contribution >= 0.6 is 0 Å². The van der Waals surface area contributed by atoms with Crippen LogP contribution in [0, 0.1) is 5.92 Å². The largest absolute Gasteiger partial charge is 0.494 e. The molecule has 30 heavy (non-hydrogen) atoms. The van der Waals surface area contributed by atoms with Crippen molar-refractivity contribution in [2.75, 3.05) is 19.7 Å². The highest BCUT2D eigenvalue weighted by Crippen LogP contribution is 2.50. The highest BCUT2D eigenvalue weighted by atomic mass is 16.5. The number of hydrogen-bond donors (Lipinski definition) is 2.